The van der Waals surface area contributed by atoms with E-state index in [1.165, 1.54) is 4.90 Å². The maximum absolute atomic E-state index is 13.9. The number of nitrogens with zero attached hydrogens (tertiary/aromatic N) is 2. The van der Waals surface area contributed by atoms with Crippen molar-refractivity contribution in [3.8, 4) is 11.5 Å². The van der Waals surface area contributed by atoms with Gasteiger partial charge in [0, 0.05) is 43.4 Å². The molecule has 154 valence electrons. The number of carboxylic acid groups (broad SMARTS) is 1. The van der Waals surface area contributed by atoms with Gasteiger partial charge in [0.2, 0.25) is 5.91 Å². The molecule has 2 aromatic carbocycles. The fraction of sp³-hybridized carbons (Fsp3) is 0.391. The topological polar surface area (TPSA) is 79.3 Å². The van der Waals surface area contributed by atoms with Gasteiger partial charge in [-0.2, -0.15) is 0 Å². The molecule has 2 atom stereocenters. The first kappa shape index (κ1) is 17.6. The molecule has 30 heavy (non-hydrogen) atoms. The predicted molar refractivity (Wildman–Crippen MR) is 108 cm³/mol. The maximum Gasteiger partial charge on any atom is 0.407 e. The van der Waals surface area contributed by atoms with Crippen molar-refractivity contribution in [3.05, 3.63) is 53.1 Å². The highest BCUT2D eigenvalue weighted by Gasteiger charge is 2.57. The molecule has 0 saturated carbocycles. The van der Waals surface area contributed by atoms with Gasteiger partial charge < -0.3 is 24.4 Å². The minimum atomic E-state index is -0.892. The summed E-state index contributed by atoms with van der Waals surface area (Å²) in [6, 6.07) is 11.9. The molecule has 4 heterocycles. The molecule has 2 aromatic rings. The minimum Gasteiger partial charge on any atom is -0.493 e. The second-order valence-corrected chi connectivity index (χ2v) is 8.56. The van der Waals surface area contributed by atoms with Crippen LogP contribution in [0, 0.1) is 5.92 Å². The zero-order valence-corrected chi connectivity index (χ0v) is 16.5. The van der Waals surface area contributed by atoms with E-state index >= 15 is 0 Å². The SMILES string of the molecule is O=C(O)N1CCC(CN2C(=O)C3(COc4cc5c(cc43)CCO5)c3ccccc32)C1. The number of ether oxygens (including phenoxy) is 2. The highest BCUT2D eigenvalue weighted by atomic mass is 16.5. The standard InChI is InChI=1S/C23H22N2O5/c26-21-23(13-30-20-10-19-15(6-8-29-19)9-17(20)23)16-3-1-2-4-18(16)25(21)12-14-5-7-24(11-14)22(27)28/h1-4,9-10,14H,5-8,11-13H2,(H,27,28). The van der Waals surface area contributed by atoms with Crippen LogP contribution >= 0.6 is 0 Å². The number of hydrogen-bond donors (Lipinski definition) is 1. The summed E-state index contributed by atoms with van der Waals surface area (Å²) in [5.74, 6) is 1.72. The van der Waals surface area contributed by atoms with E-state index in [1.807, 2.05) is 35.2 Å². The van der Waals surface area contributed by atoms with Gasteiger partial charge in [0.1, 0.15) is 23.5 Å². The summed E-state index contributed by atoms with van der Waals surface area (Å²) in [7, 11) is 0. The van der Waals surface area contributed by atoms with Crippen LogP contribution in [0.4, 0.5) is 10.5 Å². The molecule has 0 bridgehead atoms. The Morgan fingerprint density at radius 3 is 2.87 bits per heavy atom. The summed E-state index contributed by atoms with van der Waals surface area (Å²) in [6.07, 6.45) is 0.713. The van der Waals surface area contributed by atoms with E-state index in [-0.39, 0.29) is 18.4 Å². The molecule has 7 nitrogen and oxygen atoms in total. The van der Waals surface area contributed by atoms with E-state index in [0.717, 1.165) is 46.7 Å². The first-order chi connectivity index (χ1) is 14.6. The number of hydrogen-bond acceptors (Lipinski definition) is 4. The van der Waals surface area contributed by atoms with Crippen LogP contribution in [0.1, 0.15) is 23.1 Å². The zero-order chi connectivity index (χ0) is 20.5. The van der Waals surface area contributed by atoms with Gasteiger partial charge in [-0.3, -0.25) is 4.79 Å². The summed E-state index contributed by atoms with van der Waals surface area (Å²) in [5.41, 5.74) is 3.08. The normalized spacial score (nSPS) is 25.9. The van der Waals surface area contributed by atoms with Crippen LogP contribution in [-0.4, -0.2) is 54.9 Å². The lowest BCUT2D eigenvalue weighted by molar-refractivity contribution is -0.122. The lowest BCUT2D eigenvalue weighted by Gasteiger charge is -2.25. The molecule has 1 N–H and O–H groups in total. The summed E-state index contributed by atoms with van der Waals surface area (Å²) < 4.78 is 11.7. The lowest BCUT2D eigenvalue weighted by Crippen LogP contribution is -2.44. The molecular formula is C23H22N2O5. The Labute approximate surface area is 173 Å². The summed E-state index contributed by atoms with van der Waals surface area (Å²) in [6.45, 7) is 2.44. The molecule has 6 rings (SSSR count). The van der Waals surface area contributed by atoms with Gasteiger partial charge >= 0.3 is 6.09 Å². The van der Waals surface area contributed by atoms with Crippen molar-refractivity contribution < 1.29 is 24.2 Å². The average molecular weight is 406 g/mol. The van der Waals surface area contributed by atoms with Crippen LogP contribution in [0.5, 0.6) is 11.5 Å². The Morgan fingerprint density at radius 1 is 1.17 bits per heavy atom. The monoisotopic (exact) mass is 406 g/mol. The summed E-state index contributed by atoms with van der Waals surface area (Å²) in [4.78, 5) is 28.5. The van der Waals surface area contributed by atoms with Gasteiger partial charge in [-0.05, 0) is 35.6 Å². The Kier molecular flexibility index (Phi) is 3.61. The van der Waals surface area contributed by atoms with Gasteiger partial charge in [0.15, 0.2) is 0 Å². The Balaban J connectivity index is 1.40. The number of anilines is 1. The average Bonchev–Trinajstić information content (AvgIpc) is 3.51. The number of carbonyl (C=O) groups excluding carboxylic acids is 1. The molecule has 0 aliphatic carbocycles. The van der Waals surface area contributed by atoms with E-state index < -0.39 is 11.5 Å². The fourth-order valence-corrected chi connectivity index (χ4v) is 5.44. The Bertz CT molecular complexity index is 1080. The Morgan fingerprint density at radius 2 is 2.03 bits per heavy atom. The number of benzene rings is 2. The molecule has 4 aliphatic heterocycles. The molecule has 0 radical (unpaired) electrons. The number of carbonyl (C=O) groups is 2. The van der Waals surface area contributed by atoms with Crippen LogP contribution in [0.3, 0.4) is 0 Å². The molecule has 1 fully saturated rings. The first-order valence-corrected chi connectivity index (χ1v) is 10.4. The van der Waals surface area contributed by atoms with Crippen molar-refractivity contribution in [2.45, 2.75) is 18.3 Å². The third kappa shape index (κ3) is 2.26. The van der Waals surface area contributed by atoms with E-state index in [2.05, 4.69) is 6.07 Å². The minimum absolute atomic E-state index is 0.0232. The molecule has 2 amide bonds. The molecule has 4 aliphatic rings. The zero-order valence-electron chi connectivity index (χ0n) is 16.5. The van der Waals surface area contributed by atoms with Crippen LogP contribution in [0.25, 0.3) is 0 Å². The molecule has 0 aromatic heterocycles. The van der Waals surface area contributed by atoms with E-state index in [9.17, 15) is 14.7 Å². The van der Waals surface area contributed by atoms with Crippen LogP contribution in [-0.2, 0) is 16.6 Å². The third-order valence-electron chi connectivity index (χ3n) is 6.96. The summed E-state index contributed by atoms with van der Waals surface area (Å²) >= 11 is 0. The quantitative estimate of drug-likeness (QED) is 0.830. The second-order valence-electron chi connectivity index (χ2n) is 8.56. The highest BCUT2D eigenvalue weighted by molar-refractivity contribution is 6.11. The Hall–Kier alpha value is -3.22. The molecule has 1 saturated heterocycles. The van der Waals surface area contributed by atoms with Crippen molar-refractivity contribution in [1.29, 1.82) is 0 Å². The van der Waals surface area contributed by atoms with E-state index in [1.54, 1.807) is 0 Å². The smallest absolute Gasteiger partial charge is 0.407 e. The van der Waals surface area contributed by atoms with Gasteiger partial charge in [-0.15, -0.1) is 0 Å². The third-order valence-corrected chi connectivity index (χ3v) is 6.96. The number of fused-ring (bicyclic) bond motifs is 5. The largest absolute Gasteiger partial charge is 0.493 e. The van der Waals surface area contributed by atoms with Crippen molar-refractivity contribution in [2.75, 3.05) is 37.7 Å². The maximum atomic E-state index is 13.9. The molecular weight excluding hydrogens is 384 g/mol. The van der Waals surface area contributed by atoms with Gasteiger partial charge in [0.05, 0.1) is 6.61 Å². The summed E-state index contributed by atoms with van der Waals surface area (Å²) in [5, 5.41) is 9.27. The lowest BCUT2D eigenvalue weighted by atomic mass is 9.76. The molecule has 7 heteroatoms. The molecule has 1 spiro atoms. The van der Waals surface area contributed by atoms with Crippen molar-refractivity contribution in [2.24, 2.45) is 5.92 Å². The fourth-order valence-electron chi connectivity index (χ4n) is 5.44. The van der Waals surface area contributed by atoms with E-state index in [0.29, 0.717) is 26.2 Å². The number of amides is 2. The number of para-hydroxylation sites is 1. The second kappa shape index (κ2) is 6.14. The van der Waals surface area contributed by atoms with Crippen LogP contribution in [0.2, 0.25) is 0 Å². The van der Waals surface area contributed by atoms with Gasteiger partial charge in [0.25, 0.3) is 0 Å². The van der Waals surface area contributed by atoms with E-state index in [4.69, 9.17) is 9.47 Å². The highest BCUT2D eigenvalue weighted by Crippen LogP contribution is 2.54. The van der Waals surface area contributed by atoms with Crippen molar-refractivity contribution in [3.63, 3.8) is 0 Å². The van der Waals surface area contributed by atoms with Crippen LogP contribution in [0.15, 0.2) is 36.4 Å². The number of rotatable bonds is 2. The number of likely N-dealkylation sites (tertiary alicyclic amines) is 1. The first-order valence-electron chi connectivity index (χ1n) is 10.4. The van der Waals surface area contributed by atoms with Crippen molar-refractivity contribution >= 4 is 17.7 Å². The van der Waals surface area contributed by atoms with Gasteiger partial charge in [-0.25, -0.2) is 4.79 Å². The van der Waals surface area contributed by atoms with Crippen molar-refractivity contribution in [1.82, 2.24) is 4.90 Å². The van der Waals surface area contributed by atoms with Gasteiger partial charge in [-0.1, -0.05) is 18.2 Å². The van der Waals surface area contributed by atoms with Crippen LogP contribution < -0.4 is 14.4 Å². The molecule has 2 unspecified atom stereocenters. The predicted octanol–water partition coefficient (Wildman–Crippen LogP) is 2.65.